The lowest BCUT2D eigenvalue weighted by molar-refractivity contribution is 0.520. The number of aryl methyl sites for hydroxylation is 1. The van der Waals surface area contributed by atoms with Crippen molar-refractivity contribution in [2.45, 2.75) is 26.3 Å². The molecule has 0 saturated heterocycles. The van der Waals surface area contributed by atoms with Crippen LogP contribution in [0.15, 0.2) is 30.5 Å². The standard InChI is InChI=1S/C13H17N3/c1-9-4-6-10(7-5-9)11-8-15-12(16-11)13(2,3)14/h4-8H,14H2,1-3H3,(H,15,16). The first-order valence-electron chi connectivity index (χ1n) is 5.38. The molecule has 3 nitrogen and oxygen atoms in total. The average Bonchev–Trinajstić information content (AvgIpc) is 2.67. The van der Waals surface area contributed by atoms with Crippen LogP contribution in [0.1, 0.15) is 25.2 Å². The van der Waals surface area contributed by atoms with Gasteiger partial charge >= 0.3 is 0 Å². The van der Waals surface area contributed by atoms with Crippen molar-refractivity contribution in [2.75, 3.05) is 0 Å². The van der Waals surface area contributed by atoms with Crippen LogP contribution >= 0.6 is 0 Å². The number of aromatic amines is 1. The van der Waals surface area contributed by atoms with E-state index in [1.807, 2.05) is 20.0 Å². The van der Waals surface area contributed by atoms with Crippen LogP contribution in [0, 0.1) is 6.92 Å². The minimum absolute atomic E-state index is 0.428. The van der Waals surface area contributed by atoms with Crippen molar-refractivity contribution in [1.82, 2.24) is 9.97 Å². The molecule has 16 heavy (non-hydrogen) atoms. The third-order valence-corrected chi connectivity index (χ3v) is 2.55. The molecule has 2 rings (SSSR count). The van der Waals surface area contributed by atoms with Gasteiger partial charge in [-0.25, -0.2) is 4.98 Å². The first-order valence-corrected chi connectivity index (χ1v) is 5.38. The lowest BCUT2D eigenvalue weighted by Crippen LogP contribution is -2.30. The molecule has 0 radical (unpaired) electrons. The van der Waals surface area contributed by atoms with E-state index >= 15 is 0 Å². The summed E-state index contributed by atoms with van der Waals surface area (Å²) in [5.41, 5.74) is 8.94. The van der Waals surface area contributed by atoms with E-state index in [9.17, 15) is 0 Å². The molecule has 1 aromatic heterocycles. The van der Waals surface area contributed by atoms with E-state index in [1.54, 1.807) is 0 Å². The summed E-state index contributed by atoms with van der Waals surface area (Å²) in [6.07, 6.45) is 1.83. The Morgan fingerprint density at radius 1 is 1.19 bits per heavy atom. The fraction of sp³-hybridized carbons (Fsp3) is 0.308. The summed E-state index contributed by atoms with van der Waals surface area (Å²) in [4.78, 5) is 7.56. The summed E-state index contributed by atoms with van der Waals surface area (Å²) in [7, 11) is 0. The molecule has 0 spiro atoms. The van der Waals surface area contributed by atoms with E-state index in [-0.39, 0.29) is 0 Å². The molecule has 0 fully saturated rings. The monoisotopic (exact) mass is 215 g/mol. The summed E-state index contributed by atoms with van der Waals surface area (Å²) in [6.45, 7) is 5.95. The zero-order valence-corrected chi connectivity index (χ0v) is 9.91. The molecule has 0 amide bonds. The number of hydrogen-bond donors (Lipinski definition) is 2. The number of nitrogens with zero attached hydrogens (tertiary/aromatic N) is 1. The molecule has 0 aliphatic heterocycles. The van der Waals surface area contributed by atoms with Gasteiger partial charge in [0.25, 0.3) is 0 Å². The van der Waals surface area contributed by atoms with Crippen LogP contribution in [-0.2, 0) is 5.54 Å². The maximum atomic E-state index is 5.98. The molecule has 0 aliphatic rings. The molecule has 2 aromatic rings. The smallest absolute Gasteiger partial charge is 0.126 e. The number of nitrogens with one attached hydrogen (secondary N) is 1. The minimum Gasteiger partial charge on any atom is -0.340 e. The second kappa shape index (κ2) is 3.76. The SMILES string of the molecule is Cc1ccc(-c2cnc(C(C)(C)N)[nH]2)cc1. The van der Waals surface area contributed by atoms with Crippen molar-refractivity contribution in [1.29, 1.82) is 0 Å². The van der Waals surface area contributed by atoms with Gasteiger partial charge in [-0.05, 0) is 26.3 Å². The molecule has 3 heteroatoms. The van der Waals surface area contributed by atoms with E-state index in [0.717, 1.165) is 17.1 Å². The molecule has 0 saturated carbocycles. The predicted octanol–water partition coefficient (Wildman–Crippen LogP) is 2.58. The third-order valence-electron chi connectivity index (χ3n) is 2.55. The summed E-state index contributed by atoms with van der Waals surface area (Å²) < 4.78 is 0. The Morgan fingerprint density at radius 2 is 1.81 bits per heavy atom. The van der Waals surface area contributed by atoms with Crippen molar-refractivity contribution in [3.05, 3.63) is 41.9 Å². The van der Waals surface area contributed by atoms with Gasteiger partial charge in [0.15, 0.2) is 0 Å². The topological polar surface area (TPSA) is 54.7 Å². The van der Waals surface area contributed by atoms with E-state index in [4.69, 9.17) is 5.73 Å². The molecule has 0 atom stereocenters. The molecule has 84 valence electrons. The van der Waals surface area contributed by atoms with Gasteiger partial charge < -0.3 is 10.7 Å². The molecule has 0 bridgehead atoms. The first kappa shape index (κ1) is 10.9. The number of nitrogens with two attached hydrogens (primary N) is 1. The predicted molar refractivity (Wildman–Crippen MR) is 66.0 cm³/mol. The Labute approximate surface area is 95.7 Å². The molecule has 0 unspecified atom stereocenters. The van der Waals surface area contributed by atoms with E-state index < -0.39 is 5.54 Å². The van der Waals surface area contributed by atoms with E-state index in [2.05, 4.69) is 41.2 Å². The second-order valence-electron chi connectivity index (χ2n) is 4.73. The number of imidazole rings is 1. The van der Waals surface area contributed by atoms with Crippen molar-refractivity contribution in [2.24, 2.45) is 5.73 Å². The highest BCUT2D eigenvalue weighted by atomic mass is 15.0. The maximum absolute atomic E-state index is 5.98. The van der Waals surface area contributed by atoms with Gasteiger partial charge in [0.1, 0.15) is 5.82 Å². The van der Waals surface area contributed by atoms with Gasteiger partial charge in [0.2, 0.25) is 0 Å². The zero-order chi connectivity index (χ0) is 11.8. The van der Waals surface area contributed by atoms with Crippen molar-refractivity contribution in [3.8, 4) is 11.3 Å². The van der Waals surface area contributed by atoms with Crippen molar-refractivity contribution >= 4 is 0 Å². The number of benzene rings is 1. The van der Waals surface area contributed by atoms with Gasteiger partial charge in [0, 0.05) is 0 Å². The summed E-state index contributed by atoms with van der Waals surface area (Å²) in [5.74, 6) is 0.808. The molecule has 0 aliphatic carbocycles. The van der Waals surface area contributed by atoms with Gasteiger partial charge in [-0.2, -0.15) is 0 Å². The number of hydrogen-bond acceptors (Lipinski definition) is 2. The van der Waals surface area contributed by atoms with Crippen LogP contribution in [0.2, 0.25) is 0 Å². The second-order valence-corrected chi connectivity index (χ2v) is 4.73. The highest BCUT2D eigenvalue weighted by Crippen LogP contribution is 2.20. The normalized spacial score (nSPS) is 11.8. The van der Waals surface area contributed by atoms with Gasteiger partial charge in [-0.1, -0.05) is 29.8 Å². The summed E-state index contributed by atoms with van der Waals surface area (Å²) in [5, 5.41) is 0. The Kier molecular flexibility index (Phi) is 2.56. The van der Waals surface area contributed by atoms with Crippen LogP contribution in [0.25, 0.3) is 11.3 Å². The van der Waals surface area contributed by atoms with E-state index in [1.165, 1.54) is 5.56 Å². The van der Waals surface area contributed by atoms with Crippen LogP contribution in [0.3, 0.4) is 0 Å². The first-order chi connectivity index (χ1) is 7.47. The van der Waals surface area contributed by atoms with Gasteiger partial charge in [0.05, 0.1) is 17.4 Å². The minimum atomic E-state index is -0.428. The Balaban J connectivity index is 2.35. The fourth-order valence-corrected chi connectivity index (χ4v) is 1.53. The third kappa shape index (κ3) is 2.14. The molecule has 1 heterocycles. The van der Waals surface area contributed by atoms with Gasteiger partial charge in [-0.15, -0.1) is 0 Å². The summed E-state index contributed by atoms with van der Waals surface area (Å²) in [6, 6.07) is 8.33. The number of rotatable bonds is 2. The van der Waals surface area contributed by atoms with Crippen molar-refractivity contribution < 1.29 is 0 Å². The lowest BCUT2D eigenvalue weighted by atomic mass is 10.1. The highest BCUT2D eigenvalue weighted by Gasteiger charge is 2.18. The quantitative estimate of drug-likeness (QED) is 0.809. The number of aromatic nitrogens is 2. The van der Waals surface area contributed by atoms with Crippen LogP contribution < -0.4 is 5.73 Å². The van der Waals surface area contributed by atoms with Crippen molar-refractivity contribution in [3.63, 3.8) is 0 Å². The lowest BCUT2D eigenvalue weighted by Gasteiger charge is -2.14. The van der Waals surface area contributed by atoms with Crippen LogP contribution in [-0.4, -0.2) is 9.97 Å². The van der Waals surface area contributed by atoms with Crippen LogP contribution in [0.5, 0.6) is 0 Å². The summed E-state index contributed by atoms with van der Waals surface area (Å²) >= 11 is 0. The van der Waals surface area contributed by atoms with Crippen LogP contribution in [0.4, 0.5) is 0 Å². The average molecular weight is 215 g/mol. The van der Waals surface area contributed by atoms with E-state index in [0.29, 0.717) is 0 Å². The molecular weight excluding hydrogens is 198 g/mol. The molecular formula is C13H17N3. The Bertz CT molecular complexity index is 475. The maximum Gasteiger partial charge on any atom is 0.126 e. The largest absolute Gasteiger partial charge is 0.340 e. The Hall–Kier alpha value is -1.61. The highest BCUT2D eigenvalue weighted by molar-refractivity contribution is 5.58. The zero-order valence-electron chi connectivity index (χ0n) is 9.91. The molecule has 3 N–H and O–H groups in total. The Morgan fingerprint density at radius 3 is 2.31 bits per heavy atom. The fourth-order valence-electron chi connectivity index (χ4n) is 1.53. The molecule has 1 aromatic carbocycles. The number of H-pyrrole nitrogens is 1. The van der Waals surface area contributed by atoms with Gasteiger partial charge in [-0.3, -0.25) is 0 Å².